The minimum atomic E-state index is -0.943. The molecule has 19 heavy (non-hydrogen) atoms. The van der Waals surface area contributed by atoms with Gasteiger partial charge in [-0.3, -0.25) is 0 Å². The first-order valence-corrected chi connectivity index (χ1v) is 6.33. The molecule has 1 N–H and O–H groups in total. The van der Waals surface area contributed by atoms with Crippen LogP contribution in [-0.2, 0) is 0 Å². The van der Waals surface area contributed by atoms with Gasteiger partial charge in [-0.1, -0.05) is 38.1 Å². The first kappa shape index (κ1) is 13.3. The Bertz CT molecular complexity index is 608. The van der Waals surface area contributed by atoms with Crippen molar-refractivity contribution >= 4 is 22.6 Å². The van der Waals surface area contributed by atoms with E-state index in [9.17, 15) is 9.90 Å². The molecular weight excluding hydrogens is 240 g/mol. The number of benzene rings is 1. The molecule has 1 aromatic carbocycles. The molecule has 0 aliphatic carbocycles. The van der Waals surface area contributed by atoms with Crippen LogP contribution in [0.2, 0.25) is 0 Å². The summed E-state index contributed by atoms with van der Waals surface area (Å²) in [6.07, 6.45) is 1.44. The van der Waals surface area contributed by atoms with Crippen molar-refractivity contribution in [1.82, 2.24) is 4.98 Å². The second-order valence-electron chi connectivity index (χ2n) is 5.12. The Balaban J connectivity index is 2.58. The monoisotopic (exact) mass is 258 g/mol. The van der Waals surface area contributed by atoms with Crippen molar-refractivity contribution in [2.45, 2.75) is 13.8 Å². The van der Waals surface area contributed by atoms with Crippen molar-refractivity contribution in [3.8, 4) is 0 Å². The fourth-order valence-electron chi connectivity index (χ4n) is 2.29. The summed E-state index contributed by atoms with van der Waals surface area (Å²) in [5, 5.41) is 10.8. The van der Waals surface area contributed by atoms with Crippen LogP contribution in [0.25, 0.3) is 10.8 Å². The van der Waals surface area contributed by atoms with E-state index in [0.29, 0.717) is 5.92 Å². The van der Waals surface area contributed by atoms with Gasteiger partial charge in [0.25, 0.3) is 0 Å². The first-order valence-electron chi connectivity index (χ1n) is 6.33. The Morgan fingerprint density at radius 1 is 1.32 bits per heavy atom. The number of pyridine rings is 1. The minimum absolute atomic E-state index is 0.247. The summed E-state index contributed by atoms with van der Waals surface area (Å²) < 4.78 is 0. The molecule has 0 bridgehead atoms. The van der Waals surface area contributed by atoms with Crippen molar-refractivity contribution in [3.63, 3.8) is 0 Å². The molecule has 4 heteroatoms. The topological polar surface area (TPSA) is 53.4 Å². The lowest BCUT2D eigenvalue weighted by Gasteiger charge is -2.22. The van der Waals surface area contributed by atoms with Gasteiger partial charge in [-0.25, -0.2) is 9.78 Å². The number of nitrogens with zero attached hydrogens (tertiary/aromatic N) is 2. The number of rotatable bonds is 4. The van der Waals surface area contributed by atoms with Gasteiger partial charge < -0.3 is 10.0 Å². The first-order chi connectivity index (χ1) is 9.00. The highest BCUT2D eigenvalue weighted by atomic mass is 16.4. The molecule has 0 atom stereocenters. The average Bonchev–Trinajstić information content (AvgIpc) is 2.36. The van der Waals surface area contributed by atoms with Gasteiger partial charge in [-0.15, -0.1) is 0 Å². The zero-order valence-electron chi connectivity index (χ0n) is 11.4. The number of aromatic carboxylic acids is 1. The lowest BCUT2D eigenvalue weighted by molar-refractivity contribution is 0.0698. The van der Waals surface area contributed by atoms with Gasteiger partial charge in [0, 0.05) is 30.6 Å². The second-order valence-corrected chi connectivity index (χ2v) is 5.12. The number of carboxylic acids is 1. The number of hydrogen-bond donors (Lipinski definition) is 1. The second kappa shape index (κ2) is 5.26. The summed E-state index contributed by atoms with van der Waals surface area (Å²) in [4.78, 5) is 17.6. The van der Waals surface area contributed by atoms with Crippen LogP contribution in [0.4, 0.5) is 5.82 Å². The van der Waals surface area contributed by atoms with Gasteiger partial charge in [0.15, 0.2) is 0 Å². The molecule has 2 rings (SSSR count). The van der Waals surface area contributed by atoms with Gasteiger partial charge in [0.1, 0.15) is 5.82 Å². The Kier molecular flexibility index (Phi) is 3.69. The van der Waals surface area contributed by atoms with Crippen LogP contribution in [0.3, 0.4) is 0 Å². The third kappa shape index (κ3) is 2.67. The number of anilines is 1. The van der Waals surface area contributed by atoms with Crippen molar-refractivity contribution in [2.24, 2.45) is 5.92 Å². The van der Waals surface area contributed by atoms with E-state index >= 15 is 0 Å². The maximum Gasteiger partial charge on any atom is 0.337 e. The predicted molar refractivity (Wildman–Crippen MR) is 76.8 cm³/mol. The molecule has 0 aliphatic rings. The van der Waals surface area contributed by atoms with E-state index in [-0.39, 0.29) is 5.56 Å². The molecule has 0 amide bonds. The van der Waals surface area contributed by atoms with Gasteiger partial charge in [-0.05, 0) is 5.92 Å². The highest BCUT2D eigenvalue weighted by Gasteiger charge is 2.14. The molecule has 1 heterocycles. The Hall–Kier alpha value is -2.10. The van der Waals surface area contributed by atoms with Crippen molar-refractivity contribution in [2.75, 3.05) is 18.5 Å². The Morgan fingerprint density at radius 3 is 2.53 bits per heavy atom. The van der Waals surface area contributed by atoms with E-state index in [1.54, 1.807) is 0 Å². The largest absolute Gasteiger partial charge is 0.478 e. The molecule has 0 saturated heterocycles. The quantitative estimate of drug-likeness (QED) is 0.915. The predicted octanol–water partition coefficient (Wildman–Crippen LogP) is 3.03. The number of fused-ring (bicyclic) bond motifs is 1. The fourth-order valence-corrected chi connectivity index (χ4v) is 2.29. The highest BCUT2D eigenvalue weighted by Crippen LogP contribution is 2.26. The standard InChI is InChI=1S/C15H18N2O2/c1-10(2)9-17(3)14-12-7-5-4-6-11(12)13(8-16-14)15(18)19/h4-8,10H,9H2,1-3H3,(H,18,19). The molecule has 2 aromatic rings. The number of carbonyl (C=O) groups is 1. The molecule has 0 fully saturated rings. The molecule has 0 spiro atoms. The summed E-state index contributed by atoms with van der Waals surface area (Å²) >= 11 is 0. The van der Waals surface area contributed by atoms with E-state index in [4.69, 9.17) is 0 Å². The van der Waals surface area contributed by atoms with E-state index < -0.39 is 5.97 Å². The summed E-state index contributed by atoms with van der Waals surface area (Å²) in [5.41, 5.74) is 0.247. The van der Waals surface area contributed by atoms with Crippen LogP contribution in [0, 0.1) is 5.92 Å². The molecule has 0 aliphatic heterocycles. The van der Waals surface area contributed by atoms with Gasteiger partial charge in [0.05, 0.1) is 5.56 Å². The zero-order chi connectivity index (χ0) is 14.0. The zero-order valence-corrected chi connectivity index (χ0v) is 11.4. The molecule has 0 saturated carbocycles. The molecule has 0 radical (unpaired) electrons. The van der Waals surface area contributed by atoms with Crippen LogP contribution in [0.1, 0.15) is 24.2 Å². The van der Waals surface area contributed by atoms with Crippen LogP contribution < -0.4 is 4.90 Å². The Morgan fingerprint density at radius 2 is 1.95 bits per heavy atom. The Labute approximate surface area is 112 Å². The van der Waals surface area contributed by atoms with Gasteiger partial charge >= 0.3 is 5.97 Å². The third-order valence-corrected chi connectivity index (χ3v) is 3.01. The smallest absolute Gasteiger partial charge is 0.337 e. The van der Waals surface area contributed by atoms with E-state index in [1.165, 1.54) is 6.20 Å². The van der Waals surface area contributed by atoms with Crippen LogP contribution in [0.15, 0.2) is 30.5 Å². The van der Waals surface area contributed by atoms with E-state index in [2.05, 4.69) is 23.7 Å². The molecule has 0 unspecified atom stereocenters. The molecular formula is C15H18N2O2. The lowest BCUT2D eigenvalue weighted by atomic mass is 10.1. The van der Waals surface area contributed by atoms with Crippen molar-refractivity contribution < 1.29 is 9.90 Å². The normalized spacial score (nSPS) is 10.9. The van der Waals surface area contributed by atoms with Gasteiger partial charge in [-0.2, -0.15) is 0 Å². The van der Waals surface area contributed by atoms with Crippen LogP contribution in [0.5, 0.6) is 0 Å². The summed E-state index contributed by atoms with van der Waals surface area (Å²) in [6.45, 7) is 5.16. The number of aromatic nitrogens is 1. The van der Waals surface area contributed by atoms with Crippen LogP contribution in [-0.4, -0.2) is 29.7 Å². The van der Waals surface area contributed by atoms with E-state index in [1.807, 2.05) is 31.3 Å². The fraction of sp³-hybridized carbons (Fsp3) is 0.333. The van der Waals surface area contributed by atoms with Crippen molar-refractivity contribution in [1.29, 1.82) is 0 Å². The van der Waals surface area contributed by atoms with E-state index in [0.717, 1.165) is 23.1 Å². The molecule has 100 valence electrons. The maximum atomic E-state index is 11.2. The summed E-state index contributed by atoms with van der Waals surface area (Å²) in [6, 6.07) is 7.50. The number of hydrogen-bond acceptors (Lipinski definition) is 3. The van der Waals surface area contributed by atoms with Crippen LogP contribution >= 0.6 is 0 Å². The lowest BCUT2D eigenvalue weighted by Crippen LogP contribution is -2.24. The average molecular weight is 258 g/mol. The molecule has 1 aromatic heterocycles. The number of carboxylic acid groups (broad SMARTS) is 1. The highest BCUT2D eigenvalue weighted by molar-refractivity contribution is 6.06. The summed E-state index contributed by atoms with van der Waals surface area (Å²) in [7, 11) is 1.98. The minimum Gasteiger partial charge on any atom is -0.478 e. The summed E-state index contributed by atoms with van der Waals surface area (Å²) in [5.74, 6) is 0.403. The third-order valence-electron chi connectivity index (χ3n) is 3.01. The SMILES string of the molecule is CC(C)CN(C)c1ncc(C(=O)O)c2ccccc12. The maximum absolute atomic E-state index is 11.2. The van der Waals surface area contributed by atoms with Gasteiger partial charge in [0.2, 0.25) is 0 Å². The molecule has 4 nitrogen and oxygen atoms in total. The van der Waals surface area contributed by atoms with Crippen molar-refractivity contribution in [3.05, 3.63) is 36.0 Å².